The standard InChI is InChI=1S/C17H17N3O2/c1-10-15(12(3)21)11(2)19-16(10)17(22)13(9-18)8-14-6-5-7-20(14)4/h5-8,19H,1-4H3/b13-8+. The number of ketones is 2. The molecule has 0 bridgehead atoms. The van der Waals surface area contributed by atoms with E-state index in [1.54, 1.807) is 19.9 Å². The van der Waals surface area contributed by atoms with Crippen molar-refractivity contribution in [2.75, 3.05) is 0 Å². The fourth-order valence-electron chi connectivity index (χ4n) is 2.56. The second-order valence-electron chi connectivity index (χ2n) is 5.22. The number of nitriles is 1. The average molecular weight is 295 g/mol. The highest BCUT2D eigenvalue weighted by Gasteiger charge is 2.22. The van der Waals surface area contributed by atoms with Crippen molar-refractivity contribution < 1.29 is 9.59 Å². The number of hydrogen-bond acceptors (Lipinski definition) is 3. The van der Waals surface area contributed by atoms with Gasteiger partial charge in [-0.15, -0.1) is 0 Å². The summed E-state index contributed by atoms with van der Waals surface area (Å²) in [5, 5.41) is 9.29. The zero-order valence-corrected chi connectivity index (χ0v) is 13.0. The summed E-state index contributed by atoms with van der Waals surface area (Å²) in [7, 11) is 1.84. The zero-order chi connectivity index (χ0) is 16.4. The molecule has 0 saturated carbocycles. The molecule has 0 aliphatic rings. The smallest absolute Gasteiger partial charge is 0.220 e. The molecule has 0 saturated heterocycles. The highest BCUT2D eigenvalue weighted by Crippen LogP contribution is 2.21. The van der Waals surface area contributed by atoms with Crippen molar-refractivity contribution >= 4 is 17.6 Å². The van der Waals surface area contributed by atoms with Gasteiger partial charge in [-0.25, -0.2) is 0 Å². The van der Waals surface area contributed by atoms with Crippen molar-refractivity contribution in [1.82, 2.24) is 9.55 Å². The van der Waals surface area contributed by atoms with E-state index in [0.717, 1.165) is 5.69 Å². The number of aryl methyl sites for hydroxylation is 2. The van der Waals surface area contributed by atoms with E-state index < -0.39 is 5.78 Å². The largest absolute Gasteiger partial charge is 0.355 e. The molecule has 22 heavy (non-hydrogen) atoms. The van der Waals surface area contributed by atoms with Gasteiger partial charge in [0.1, 0.15) is 11.6 Å². The van der Waals surface area contributed by atoms with Gasteiger partial charge in [0.25, 0.3) is 0 Å². The predicted molar refractivity (Wildman–Crippen MR) is 83.6 cm³/mol. The molecule has 0 spiro atoms. The summed E-state index contributed by atoms with van der Waals surface area (Å²) in [5.74, 6) is -0.507. The van der Waals surface area contributed by atoms with Crippen molar-refractivity contribution in [2.45, 2.75) is 20.8 Å². The number of aromatic nitrogens is 2. The molecule has 0 amide bonds. The van der Waals surface area contributed by atoms with Gasteiger partial charge >= 0.3 is 0 Å². The summed E-state index contributed by atoms with van der Waals surface area (Å²) >= 11 is 0. The lowest BCUT2D eigenvalue weighted by molar-refractivity contribution is 0.101. The van der Waals surface area contributed by atoms with Crippen LogP contribution in [0.4, 0.5) is 0 Å². The molecule has 2 heterocycles. The molecule has 0 aromatic carbocycles. The minimum atomic E-state index is -0.406. The van der Waals surface area contributed by atoms with Crippen LogP contribution in [0.3, 0.4) is 0 Å². The number of nitrogens with zero attached hydrogens (tertiary/aromatic N) is 2. The first-order valence-corrected chi connectivity index (χ1v) is 6.84. The molecule has 1 N–H and O–H groups in total. The summed E-state index contributed by atoms with van der Waals surface area (Å²) < 4.78 is 1.82. The Hall–Kier alpha value is -2.87. The molecular weight excluding hydrogens is 278 g/mol. The zero-order valence-electron chi connectivity index (χ0n) is 13.0. The highest BCUT2D eigenvalue weighted by atomic mass is 16.1. The maximum atomic E-state index is 12.6. The Bertz CT molecular complexity index is 829. The van der Waals surface area contributed by atoms with Gasteiger partial charge in [0.15, 0.2) is 5.78 Å². The van der Waals surface area contributed by atoms with Gasteiger partial charge < -0.3 is 9.55 Å². The molecule has 0 fully saturated rings. The van der Waals surface area contributed by atoms with Gasteiger partial charge in [0, 0.05) is 30.2 Å². The Labute approximate surface area is 128 Å². The van der Waals surface area contributed by atoms with Crippen LogP contribution in [0.1, 0.15) is 44.7 Å². The number of carbonyl (C=O) groups excluding carboxylic acids is 2. The molecule has 2 rings (SSSR count). The van der Waals surface area contributed by atoms with Gasteiger partial charge in [-0.05, 0) is 44.5 Å². The van der Waals surface area contributed by atoms with E-state index in [2.05, 4.69) is 4.98 Å². The minimum Gasteiger partial charge on any atom is -0.355 e. The second kappa shape index (κ2) is 5.86. The number of rotatable bonds is 4. The van der Waals surface area contributed by atoms with Gasteiger partial charge in [-0.3, -0.25) is 9.59 Å². The maximum Gasteiger partial charge on any atom is 0.220 e. The number of aromatic amines is 1. The van der Waals surface area contributed by atoms with Crippen molar-refractivity contribution in [3.8, 4) is 6.07 Å². The lowest BCUT2D eigenvalue weighted by atomic mass is 10.0. The van der Waals surface area contributed by atoms with E-state index >= 15 is 0 Å². The summed E-state index contributed by atoms with van der Waals surface area (Å²) in [6, 6.07) is 5.60. The predicted octanol–water partition coefficient (Wildman–Crippen LogP) is 2.96. The lowest BCUT2D eigenvalue weighted by Crippen LogP contribution is -2.05. The van der Waals surface area contributed by atoms with Crippen LogP contribution in [0, 0.1) is 25.2 Å². The number of Topliss-reactive ketones (excluding diaryl/α,β-unsaturated/α-hetero) is 2. The fraction of sp³-hybridized carbons (Fsp3) is 0.235. The Morgan fingerprint density at radius 1 is 1.36 bits per heavy atom. The summed E-state index contributed by atoms with van der Waals surface area (Å²) in [6.45, 7) is 4.92. The van der Waals surface area contributed by atoms with E-state index in [1.807, 2.05) is 36.0 Å². The first kappa shape index (κ1) is 15.5. The summed E-state index contributed by atoms with van der Waals surface area (Å²) in [5.41, 5.74) is 2.83. The number of allylic oxidation sites excluding steroid dienone is 1. The fourth-order valence-corrected chi connectivity index (χ4v) is 2.56. The van der Waals surface area contributed by atoms with Gasteiger partial charge in [0.2, 0.25) is 5.78 Å². The number of nitrogens with one attached hydrogen (secondary N) is 1. The third-order valence-corrected chi connectivity index (χ3v) is 3.66. The Balaban J connectivity index is 2.49. The molecule has 112 valence electrons. The summed E-state index contributed by atoms with van der Waals surface area (Å²) in [6.07, 6.45) is 3.38. The molecule has 5 heteroatoms. The van der Waals surface area contributed by atoms with Crippen LogP contribution in [0.2, 0.25) is 0 Å². The van der Waals surface area contributed by atoms with Crippen LogP contribution in [-0.2, 0) is 7.05 Å². The van der Waals surface area contributed by atoms with Crippen LogP contribution < -0.4 is 0 Å². The molecule has 2 aromatic rings. The van der Waals surface area contributed by atoms with E-state index in [1.165, 1.54) is 6.92 Å². The van der Waals surface area contributed by atoms with Crippen molar-refractivity contribution in [3.63, 3.8) is 0 Å². The van der Waals surface area contributed by atoms with Crippen LogP contribution in [0.5, 0.6) is 0 Å². The molecule has 2 aromatic heterocycles. The molecule has 5 nitrogen and oxygen atoms in total. The van der Waals surface area contributed by atoms with Crippen LogP contribution >= 0.6 is 0 Å². The van der Waals surface area contributed by atoms with E-state index in [4.69, 9.17) is 0 Å². The van der Waals surface area contributed by atoms with Crippen LogP contribution in [0.25, 0.3) is 6.08 Å². The third kappa shape index (κ3) is 2.63. The second-order valence-corrected chi connectivity index (χ2v) is 5.22. The monoisotopic (exact) mass is 295 g/mol. The molecular formula is C17H17N3O2. The molecule has 0 aliphatic carbocycles. The number of hydrogen-bond donors (Lipinski definition) is 1. The van der Waals surface area contributed by atoms with Crippen LogP contribution in [0.15, 0.2) is 23.9 Å². The Morgan fingerprint density at radius 3 is 2.50 bits per heavy atom. The minimum absolute atomic E-state index is 0.0289. The Kier molecular flexibility index (Phi) is 4.13. The van der Waals surface area contributed by atoms with Crippen molar-refractivity contribution in [2.24, 2.45) is 7.05 Å². The van der Waals surface area contributed by atoms with Gasteiger partial charge in [0.05, 0.1) is 5.69 Å². The quantitative estimate of drug-likeness (QED) is 0.535. The van der Waals surface area contributed by atoms with Gasteiger partial charge in [-0.2, -0.15) is 5.26 Å². The topological polar surface area (TPSA) is 78.7 Å². The maximum absolute atomic E-state index is 12.6. The van der Waals surface area contributed by atoms with Gasteiger partial charge in [-0.1, -0.05) is 0 Å². The van der Waals surface area contributed by atoms with E-state index in [-0.39, 0.29) is 11.4 Å². The number of carbonyl (C=O) groups is 2. The average Bonchev–Trinajstić information content (AvgIpc) is 2.98. The molecule has 0 aliphatic heterocycles. The third-order valence-electron chi connectivity index (χ3n) is 3.66. The normalized spacial score (nSPS) is 11.3. The molecule has 0 atom stereocenters. The molecule has 0 unspecified atom stereocenters. The van der Waals surface area contributed by atoms with E-state index in [9.17, 15) is 14.9 Å². The first-order valence-electron chi connectivity index (χ1n) is 6.84. The first-order chi connectivity index (χ1) is 10.4. The SMILES string of the molecule is CC(=O)c1c(C)[nH]c(C(=O)/C(C#N)=C/c2cccn2C)c1C. The van der Waals surface area contributed by atoms with E-state index in [0.29, 0.717) is 22.5 Å². The molecule has 0 radical (unpaired) electrons. The Morgan fingerprint density at radius 2 is 2.05 bits per heavy atom. The van der Waals surface area contributed by atoms with Crippen molar-refractivity contribution in [1.29, 1.82) is 5.26 Å². The van der Waals surface area contributed by atoms with Crippen molar-refractivity contribution in [3.05, 3.63) is 52.1 Å². The lowest BCUT2D eigenvalue weighted by Gasteiger charge is -2.01. The number of H-pyrrole nitrogens is 1. The highest BCUT2D eigenvalue weighted by molar-refractivity contribution is 6.15. The summed E-state index contributed by atoms with van der Waals surface area (Å²) in [4.78, 5) is 27.2. The van der Waals surface area contributed by atoms with Crippen LogP contribution in [-0.4, -0.2) is 21.1 Å².